The molecule has 0 aliphatic rings. The summed E-state index contributed by atoms with van der Waals surface area (Å²) in [4.78, 5) is 23.3. The second kappa shape index (κ2) is 6.09. The molecule has 0 bridgehead atoms. The van der Waals surface area contributed by atoms with Gasteiger partial charge in [-0.25, -0.2) is 9.97 Å². The molecule has 0 amide bonds. The summed E-state index contributed by atoms with van der Waals surface area (Å²) in [5.74, 6) is 0.459. The summed E-state index contributed by atoms with van der Waals surface area (Å²) in [6.07, 6.45) is 5.12. The van der Waals surface area contributed by atoms with E-state index >= 15 is 0 Å². The van der Waals surface area contributed by atoms with Crippen LogP contribution in [0.1, 0.15) is 5.56 Å². The average molecular weight is 291 g/mol. The van der Waals surface area contributed by atoms with E-state index in [1.165, 1.54) is 0 Å². The van der Waals surface area contributed by atoms with Gasteiger partial charge >= 0.3 is 0 Å². The monoisotopic (exact) mass is 291 g/mol. The molecule has 1 aromatic carbocycles. The number of nitrogens with one attached hydrogen (secondary N) is 1. The highest BCUT2D eigenvalue weighted by atomic mass is 16.3. The van der Waals surface area contributed by atoms with Crippen molar-refractivity contribution in [1.82, 2.24) is 15.0 Å². The van der Waals surface area contributed by atoms with E-state index in [0.717, 1.165) is 22.5 Å². The van der Waals surface area contributed by atoms with Crippen LogP contribution in [-0.2, 0) is 0 Å². The fraction of sp³-hybridized carbons (Fsp3) is 0.0625. The molecule has 0 saturated heterocycles. The van der Waals surface area contributed by atoms with Crippen LogP contribution in [0.3, 0.4) is 0 Å². The number of hydrogen-bond donors (Lipinski definition) is 1. The highest BCUT2D eigenvalue weighted by Gasteiger charge is 2.05. The van der Waals surface area contributed by atoms with Crippen LogP contribution in [0.4, 0.5) is 17.3 Å². The lowest BCUT2D eigenvalue weighted by molar-refractivity contribution is 1.16. The normalized spacial score (nSPS) is 10.2. The molecule has 0 fully saturated rings. The van der Waals surface area contributed by atoms with E-state index < -0.39 is 0 Å². The highest BCUT2D eigenvalue weighted by Crippen LogP contribution is 2.25. The van der Waals surface area contributed by atoms with Crippen LogP contribution in [-0.4, -0.2) is 15.0 Å². The van der Waals surface area contributed by atoms with Gasteiger partial charge in [-0.15, -0.1) is 4.91 Å². The van der Waals surface area contributed by atoms with Crippen molar-refractivity contribution >= 4 is 17.3 Å². The van der Waals surface area contributed by atoms with Crippen LogP contribution in [0.5, 0.6) is 0 Å². The van der Waals surface area contributed by atoms with Crippen LogP contribution in [0.2, 0.25) is 0 Å². The Morgan fingerprint density at radius 2 is 1.86 bits per heavy atom. The molecule has 6 nitrogen and oxygen atoms in total. The van der Waals surface area contributed by atoms with Gasteiger partial charge in [0, 0.05) is 29.8 Å². The van der Waals surface area contributed by atoms with Crippen LogP contribution >= 0.6 is 0 Å². The molecule has 2 aromatic heterocycles. The third kappa shape index (κ3) is 2.95. The van der Waals surface area contributed by atoms with Gasteiger partial charge in [0.2, 0.25) is 5.95 Å². The summed E-state index contributed by atoms with van der Waals surface area (Å²) in [5, 5.41) is 6.06. The van der Waals surface area contributed by atoms with Gasteiger partial charge in [0.15, 0.2) is 0 Å². The maximum Gasteiger partial charge on any atom is 0.227 e. The number of aromatic nitrogens is 3. The van der Waals surface area contributed by atoms with Crippen LogP contribution < -0.4 is 5.32 Å². The Bertz CT molecular complexity index is 805. The molecule has 22 heavy (non-hydrogen) atoms. The Morgan fingerprint density at radius 1 is 1.05 bits per heavy atom. The molecule has 0 aliphatic heterocycles. The van der Waals surface area contributed by atoms with Crippen molar-refractivity contribution < 1.29 is 0 Å². The van der Waals surface area contributed by atoms with E-state index in [-0.39, 0.29) is 0 Å². The second-order valence-corrected chi connectivity index (χ2v) is 4.72. The number of hydrogen-bond acceptors (Lipinski definition) is 6. The standard InChI is InChI=1S/C16H13N5O/c1-11-2-3-13(21-22)10-15(11)20-16-18-9-6-14(19-16)12-4-7-17-8-5-12/h2-10H,1H3,(H,18,19,20). The van der Waals surface area contributed by atoms with Gasteiger partial charge in [-0.1, -0.05) is 6.07 Å². The van der Waals surface area contributed by atoms with Crippen LogP contribution in [0.25, 0.3) is 11.3 Å². The second-order valence-electron chi connectivity index (χ2n) is 4.72. The Balaban J connectivity index is 1.92. The van der Waals surface area contributed by atoms with Crippen molar-refractivity contribution in [3.05, 3.63) is 65.5 Å². The van der Waals surface area contributed by atoms with Crippen molar-refractivity contribution in [3.8, 4) is 11.3 Å². The largest absolute Gasteiger partial charge is 0.324 e. The minimum atomic E-state index is 0.360. The number of anilines is 2. The van der Waals surface area contributed by atoms with E-state index in [1.54, 1.807) is 30.7 Å². The van der Waals surface area contributed by atoms with Gasteiger partial charge in [0.05, 0.1) is 5.69 Å². The van der Waals surface area contributed by atoms with Crippen molar-refractivity contribution in [3.63, 3.8) is 0 Å². The van der Waals surface area contributed by atoms with E-state index in [2.05, 4.69) is 25.4 Å². The van der Waals surface area contributed by atoms with Crippen LogP contribution in [0.15, 0.2) is 60.2 Å². The van der Waals surface area contributed by atoms with Crippen molar-refractivity contribution in [1.29, 1.82) is 0 Å². The molecule has 6 heteroatoms. The van der Waals surface area contributed by atoms with E-state index in [0.29, 0.717) is 11.6 Å². The molecule has 0 radical (unpaired) electrons. The molecule has 0 unspecified atom stereocenters. The summed E-state index contributed by atoms with van der Waals surface area (Å²) in [7, 11) is 0. The van der Waals surface area contributed by atoms with Crippen molar-refractivity contribution in [2.24, 2.45) is 5.18 Å². The van der Waals surface area contributed by atoms with Gasteiger partial charge in [0.1, 0.15) is 5.69 Å². The molecular weight excluding hydrogens is 278 g/mol. The van der Waals surface area contributed by atoms with Crippen molar-refractivity contribution in [2.75, 3.05) is 5.32 Å². The Labute approximate surface area is 127 Å². The van der Waals surface area contributed by atoms with Gasteiger partial charge in [-0.05, 0) is 48.0 Å². The lowest BCUT2D eigenvalue weighted by Gasteiger charge is -2.09. The predicted octanol–water partition coefficient (Wildman–Crippen LogP) is 3.99. The molecule has 1 N–H and O–H groups in total. The van der Waals surface area contributed by atoms with E-state index in [1.807, 2.05) is 31.2 Å². The zero-order chi connectivity index (χ0) is 15.4. The third-order valence-corrected chi connectivity index (χ3v) is 3.20. The molecular formula is C16H13N5O. The lowest BCUT2D eigenvalue weighted by atomic mass is 10.2. The first-order valence-electron chi connectivity index (χ1n) is 6.71. The average Bonchev–Trinajstić information content (AvgIpc) is 2.58. The number of rotatable bonds is 4. The smallest absolute Gasteiger partial charge is 0.227 e. The lowest BCUT2D eigenvalue weighted by Crippen LogP contribution is -1.99. The molecule has 2 heterocycles. The quantitative estimate of drug-likeness (QED) is 0.735. The summed E-state index contributed by atoms with van der Waals surface area (Å²) >= 11 is 0. The topological polar surface area (TPSA) is 80.1 Å². The molecule has 3 aromatic rings. The molecule has 3 rings (SSSR count). The van der Waals surface area contributed by atoms with E-state index in [4.69, 9.17) is 0 Å². The maximum absolute atomic E-state index is 10.6. The van der Waals surface area contributed by atoms with Gasteiger partial charge in [-0.3, -0.25) is 4.98 Å². The summed E-state index contributed by atoms with van der Waals surface area (Å²) in [6, 6.07) is 10.8. The fourth-order valence-corrected chi connectivity index (χ4v) is 2.02. The first-order valence-corrected chi connectivity index (χ1v) is 6.71. The number of nitroso groups, excluding NO2 is 1. The summed E-state index contributed by atoms with van der Waals surface area (Å²) in [6.45, 7) is 1.93. The maximum atomic E-state index is 10.6. The molecule has 0 spiro atoms. The van der Waals surface area contributed by atoms with Crippen LogP contribution in [0, 0.1) is 11.8 Å². The minimum Gasteiger partial charge on any atom is -0.324 e. The van der Waals surface area contributed by atoms with E-state index in [9.17, 15) is 4.91 Å². The summed E-state index contributed by atoms with van der Waals surface area (Å²) in [5.41, 5.74) is 3.84. The Hall–Kier alpha value is -3.15. The minimum absolute atomic E-state index is 0.360. The third-order valence-electron chi connectivity index (χ3n) is 3.20. The van der Waals surface area contributed by atoms with Gasteiger partial charge in [0.25, 0.3) is 0 Å². The SMILES string of the molecule is Cc1ccc(N=O)cc1Nc1nccc(-c2ccncc2)n1. The predicted molar refractivity (Wildman–Crippen MR) is 85.2 cm³/mol. The number of nitrogens with zero attached hydrogens (tertiary/aromatic N) is 4. The Morgan fingerprint density at radius 3 is 2.64 bits per heavy atom. The van der Waals surface area contributed by atoms with Gasteiger partial charge in [-0.2, -0.15) is 0 Å². The molecule has 0 atom stereocenters. The highest BCUT2D eigenvalue weighted by molar-refractivity contribution is 5.65. The zero-order valence-corrected chi connectivity index (χ0v) is 11.9. The zero-order valence-electron chi connectivity index (χ0n) is 11.9. The molecule has 0 saturated carbocycles. The fourth-order valence-electron chi connectivity index (χ4n) is 2.02. The first kappa shape index (κ1) is 13.8. The number of aryl methyl sites for hydroxylation is 1. The number of benzene rings is 1. The summed E-state index contributed by atoms with van der Waals surface area (Å²) < 4.78 is 0. The molecule has 0 aliphatic carbocycles. The number of pyridine rings is 1. The van der Waals surface area contributed by atoms with Gasteiger partial charge < -0.3 is 5.32 Å². The van der Waals surface area contributed by atoms with Crippen molar-refractivity contribution in [2.45, 2.75) is 6.92 Å². The first-order chi connectivity index (χ1) is 10.8. The molecule has 108 valence electrons. The Kier molecular flexibility index (Phi) is 3.82.